The molecule has 0 aromatic heterocycles. The molecule has 0 saturated heterocycles. The molecule has 0 saturated carbocycles. The van der Waals surface area contributed by atoms with Crippen molar-refractivity contribution in [3.05, 3.63) is 29.2 Å². The van der Waals surface area contributed by atoms with Gasteiger partial charge in [-0.05, 0) is 58.6 Å². The number of phenolic OH excluding ortho intramolecular Hbond substituents is 1. The zero-order chi connectivity index (χ0) is 12.1. The molecule has 16 heavy (non-hydrogen) atoms. The first kappa shape index (κ1) is 11.3. The van der Waals surface area contributed by atoms with E-state index >= 15 is 0 Å². The third-order valence-corrected chi connectivity index (χ3v) is 3.54. The molecule has 0 atom stereocenters. The van der Waals surface area contributed by atoms with Crippen LogP contribution in [0.2, 0.25) is 0 Å². The third-order valence-electron chi connectivity index (χ3n) is 3.54. The van der Waals surface area contributed by atoms with Gasteiger partial charge in [-0.15, -0.1) is 0 Å². The molecule has 1 heterocycles. The van der Waals surface area contributed by atoms with Crippen molar-refractivity contribution in [1.82, 2.24) is 0 Å². The van der Waals surface area contributed by atoms with Gasteiger partial charge in [0.2, 0.25) is 0 Å². The van der Waals surface area contributed by atoms with E-state index in [9.17, 15) is 5.11 Å². The number of ether oxygens (including phenoxy) is 1. The fraction of sp³-hybridized carbons (Fsp3) is 0.500. The Bertz CT molecular complexity index is 445. The highest BCUT2D eigenvalue weighted by Gasteiger charge is 2.30. The van der Waals surface area contributed by atoms with Gasteiger partial charge in [-0.1, -0.05) is 0 Å². The predicted molar refractivity (Wildman–Crippen MR) is 65.1 cm³/mol. The van der Waals surface area contributed by atoms with Gasteiger partial charge < -0.3 is 9.84 Å². The van der Waals surface area contributed by atoms with E-state index in [0.717, 1.165) is 40.8 Å². The topological polar surface area (TPSA) is 29.5 Å². The Kier molecular flexibility index (Phi) is 2.41. The second-order valence-electron chi connectivity index (χ2n) is 5.25. The van der Waals surface area contributed by atoms with Crippen LogP contribution in [0.3, 0.4) is 0 Å². The summed E-state index contributed by atoms with van der Waals surface area (Å²) in [4.78, 5) is 0. The molecule has 2 nitrogen and oxygen atoms in total. The maximum atomic E-state index is 9.96. The van der Waals surface area contributed by atoms with E-state index in [0.29, 0.717) is 5.75 Å². The Morgan fingerprint density at radius 2 is 1.88 bits per heavy atom. The van der Waals surface area contributed by atoms with Crippen molar-refractivity contribution in [2.45, 2.75) is 46.1 Å². The van der Waals surface area contributed by atoms with Gasteiger partial charge in [-0.25, -0.2) is 0 Å². The van der Waals surface area contributed by atoms with Gasteiger partial charge in [0.15, 0.2) is 0 Å². The molecule has 0 fully saturated rings. The largest absolute Gasteiger partial charge is 0.507 e. The first-order valence-corrected chi connectivity index (χ1v) is 5.69. The van der Waals surface area contributed by atoms with Crippen molar-refractivity contribution in [3.8, 4) is 11.5 Å². The summed E-state index contributed by atoms with van der Waals surface area (Å²) in [7, 11) is 0. The zero-order valence-electron chi connectivity index (χ0n) is 10.5. The molecule has 2 heteroatoms. The Hall–Kier alpha value is -1.18. The molecule has 1 aliphatic heterocycles. The average molecular weight is 219 g/mol. The van der Waals surface area contributed by atoms with E-state index in [-0.39, 0.29) is 5.60 Å². The molecule has 0 bridgehead atoms. The number of phenols is 1. The van der Waals surface area contributed by atoms with Crippen LogP contribution in [0.25, 0.3) is 0 Å². The fourth-order valence-corrected chi connectivity index (χ4v) is 2.24. The monoisotopic (exact) mass is 219 g/mol. The second-order valence-corrected chi connectivity index (χ2v) is 5.25. The predicted octanol–water partition coefficient (Wildman–Crippen LogP) is 3.29. The van der Waals surface area contributed by atoms with Crippen LogP contribution in [0.15, 0.2) is 0 Å². The number of rotatable bonds is 0. The average Bonchev–Trinajstić information content (AvgIpc) is 2.22. The maximum absolute atomic E-state index is 9.96. The molecule has 1 radical (unpaired) electrons. The lowest BCUT2D eigenvalue weighted by Gasteiger charge is -2.35. The van der Waals surface area contributed by atoms with Crippen LogP contribution in [0.4, 0.5) is 0 Å². The van der Waals surface area contributed by atoms with Gasteiger partial charge in [-0.3, -0.25) is 0 Å². The summed E-state index contributed by atoms with van der Waals surface area (Å²) < 4.78 is 6.02. The Labute approximate surface area is 97.3 Å². The molecule has 0 amide bonds. The molecular weight excluding hydrogens is 200 g/mol. The van der Waals surface area contributed by atoms with Gasteiger partial charge in [0.05, 0.1) is 0 Å². The zero-order valence-corrected chi connectivity index (χ0v) is 10.5. The number of fused-ring (bicyclic) bond motifs is 1. The van der Waals surface area contributed by atoms with Gasteiger partial charge in [-0.2, -0.15) is 0 Å². The van der Waals surface area contributed by atoms with Crippen molar-refractivity contribution in [2.24, 2.45) is 0 Å². The highest BCUT2D eigenvalue weighted by molar-refractivity contribution is 5.59. The van der Waals surface area contributed by atoms with Crippen LogP contribution in [0.5, 0.6) is 11.5 Å². The van der Waals surface area contributed by atoms with E-state index in [2.05, 4.69) is 20.8 Å². The quantitative estimate of drug-likeness (QED) is 0.725. The lowest BCUT2D eigenvalue weighted by molar-refractivity contribution is 0.0832. The smallest absolute Gasteiger partial charge is 0.127 e. The molecule has 0 unspecified atom stereocenters. The Morgan fingerprint density at radius 1 is 1.25 bits per heavy atom. The van der Waals surface area contributed by atoms with Gasteiger partial charge in [0.25, 0.3) is 0 Å². The van der Waals surface area contributed by atoms with E-state index in [1.165, 1.54) is 0 Å². The summed E-state index contributed by atoms with van der Waals surface area (Å²) in [5.74, 6) is 1.25. The molecule has 0 aliphatic carbocycles. The standard InChI is InChI=1S/C14H19O2/c1-8-9(2)13-11(10(3)12(8)15)6-7-14(4,5)16-13/h15H,3,6-7H2,1-2,4-5H3. The van der Waals surface area contributed by atoms with Crippen molar-refractivity contribution in [1.29, 1.82) is 0 Å². The first-order valence-electron chi connectivity index (χ1n) is 5.69. The van der Waals surface area contributed by atoms with Crippen LogP contribution in [-0.4, -0.2) is 10.7 Å². The van der Waals surface area contributed by atoms with Gasteiger partial charge >= 0.3 is 0 Å². The van der Waals surface area contributed by atoms with E-state index < -0.39 is 0 Å². The number of benzene rings is 1. The first-order chi connectivity index (χ1) is 7.33. The minimum absolute atomic E-state index is 0.117. The Balaban J connectivity index is 2.65. The van der Waals surface area contributed by atoms with Crippen molar-refractivity contribution in [3.63, 3.8) is 0 Å². The van der Waals surface area contributed by atoms with Crippen molar-refractivity contribution in [2.75, 3.05) is 0 Å². The number of aromatic hydroxyl groups is 1. The lowest BCUT2D eigenvalue weighted by atomic mass is 9.88. The summed E-state index contributed by atoms with van der Waals surface area (Å²) in [6.07, 6.45) is 1.89. The molecule has 87 valence electrons. The SMILES string of the molecule is [CH2]c1c(O)c(C)c(C)c2c1CCC(C)(C)O2. The van der Waals surface area contributed by atoms with Crippen molar-refractivity contribution >= 4 is 0 Å². The fourth-order valence-electron chi connectivity index (χ4n) is 2.24. The lowest BCUT2D eigenvalue weighted by Crippen LogP contribution is -2.33. The Morgan fingerprint density at radius 3 is 2.50 bits per heavy atom. The van der Waals surface area contributed by atoms with Crippen LogP contribution >= 0.6 is 0 Å². The summed E-state index contributed by atoms with van der Waals surface area (Å²) in [5.41, 5.74) is 3.59. The number of hydrogen-bond donors (Lipinski definition) is 1. The summed E-state index contributed by atoms with van der Waals surface area (Å²) in [6.45, 7) is 12.1. The number of hydrogen-bond acceptors (Lipinski definition) is 2. The molecular formula is C14H19O2. The molecule has 1 aliphatic rings. The minimum atomic E-state index is -0.117. The van der Waals surface area contributed by atoms with E-state index in [1.54, 1.807) is 0 Å². The normalized spacial score (nSPS) is 17.8. The van der Waals surface area contributed by atoms with Crippen LogP contribution in [0.1, 0.15) is 42.5 Å². The molecule has 1 N–H and O–H groups in total. The minimum Gasteiger partial charge on any atom is -0.507 e. The van der Waals surface area contributed by atoms with Gasteiger partial charge in [0.1, 0.15) is 17.1 Å². The summed E-state index contributed by atoms with van der Waals surface area (Å²) >= 11 is 0. The third kappa shape index (κ3) is 1.57. The van der Waals surface area contributed by atoms with Crippen LogP contribution < -0.4 is 4.74 Å². The van der Waals surface area contributed by atoms with Crippen LogP contribution in [0, 0.1) is 20.8 Å². The molecule has 1 aromatic rings. The van der Waals surface area contributed by atoms with Crippen molar-refractivity contribution < 1.29 is 9.84 Å². The highest BCUT2D eigenvalue weighted by atomic mass is 16.5. The summed E-state index contributed by atoms with van der Waals surface area (Å²) in [6, 6.07) is 0. The molecule has 1 aromatic carbocycles. The van der Waals surface area contributed by atoms with Gasteiger partial charge in [0, 0.05) is 11.1 Å². The molecule has 2 rings (SSSR count). The second kappa shape index (κ2) is 3.41. The van der Waals surface area contributed by atoms with E-state index in [4.69, 9.17) is 4.74 Å². The summed E-state index contributed by atoms with van der Waals surface area (Å²) in [5, 5.41) is 9.96. The van der Waals surface area contributed by atoms with Crippen LogP contribution in [-0.2, 0) is 6.42 Å². The maximum Gasteiger partial charge on any atom is 0.127 e. The highest BCUT2D eigenvalue weighted by Crippen LogP contribution is 2.42. The molecule has 0 spiro atoms. The van der Waals surface area contributed by atoms with E-state index in [1.807, 2.05) is 13.8 Å².